The van der Waals surface area contributed by atoms with Crippen LogP contribution in [-0.2, 0) is 0 Å². The van der Waals surface area contributed by atoms with Crippen LogP contribution in [0.25, 0.3) is 0 Å². The summed E-state index contributed by atoms with van der Waals surface area (Å²) in [6, 6.07) is 8.76. The summed E-state index contributed by atoms with van der Waals surface area (Å²) in [6.45, 7) is 9.18. The number of benzene rings is 1. The second-order valence-electron chi connectivity index (χ2n) is 6.18. The second kappa shape index (κ2) is 10.2. The van der Waals surface area contributed by atoms with Gasteiger partial charge in [-0.1, -0.05) is 19.1 Å². The van der Waals surface area contributed by atoms with Crippen molar-refractivity contribution in [3.63, 3.8) is 0 Å². The first-order valence-corrected chi connectivity index (χ1v) is 9.18. The molecule has 0 radical (unpaired) electrons. The molecule has 1 atom stereocenters. The average molecular weight is 332 g/mol. The molecule has 0 amide bonds. The fourth-order valence-electron chi connectivity index (χ4n) is 3.07. The first-order valence-electron chi connectivity index (χ1n) is 9.18. The fourth-order valence-corrected chi connectivity index (χ4v) is 3.07. The average Bonchev–Trinajstić information content (AvgIpc) is 3.14. The van der Waals surface area contributed by atoms with Gasteiger partial charge in [-0.2, -0.15) is 0 Å². The van der Waals surface area contributed by atoms with Crippen LogP contribution in [0.2, 0.25) is 0 Å². The van der Waals surface area contributed by atoms with E-state index in [1.54, 1.807) is 7.11 Å². The van der Waals surface area contributed by atoms with E-state index in [1.165, 1.54) is 18.4 Å². The zero-order valence-corrected chi connectivity index (χ0v) is 15.3. The summed E-state index contributed by atoms with van der Waals surface area (Å²) in [5, 5.41) is 6.72. The van der Waals surface area contributed by atoms with Gasteiger partial charge in [0.2, 0.25) is 0 Å². The molecule has 1 fully saturated rings. The molecule has 1 aliphatic heterocycles. The Bertz CT molecular complexity index is 495. The highest BCUT2D eigenvalue weighted by molar-refractivity contribution is 5.79. The molecule has 134 valence electrons. The Hall–Kier alpha value is -1.75. The van der Waals surface area contributed by atoms with Crippen molar-refractivity contribution >= 4 is 5.96 Å². The summed E-state index contributed by atoms with van der Waals surface area (Å²) in [4.78, 5) is 7.39. The predicted octanol–water partition coefficient (Wildman–Crippen LogP) is 2.80. The summed E-state index contributed by atoms with van der Waals surface area (Å²) >= 11 is 0. The largest absolute Gasteiger partial charge is 0.497 e. The summed E-state index contributed by atoms with van der Waals surface area (Å²) in [7, 11) is 1.71. The maximum absolute atomic E-state index is 5.29. The monoisotopic (exact) mass is 332 g/mol. The maximum Gasteiger partial charge on any atom is 0.191 e. The third-order valence-corrected chi connectivity index (χ3v) is 4.39. The number of hydrogen-bond donors (Lipinski definition) is 2. The van der Waals surface area contributed by atoms with Crippen molar-refractivity contribution in [3.8, 4) is 5.75 Å². The Balaban J connectivity index is 2.12. The van der Waals surface area contributed by atoms with E-state index in [9.17, 15) is 0 Å². The number of likely N-dealkylation sites (tertiary alicyclic amines) is 1. The van der Waals surface area contributed by atoms with Crippen LogP contribution in [0.1, 0.15) is 44.7 Å². The molecular formula is C19H32N4O. The van der Waals surface area contributed by atoms with Gasteiger partial charge in [0.25, 0.3) is 0 Å². The van der Waals surface area contributed by atoms with Crippen LogP contribution in [0.3, 0.4) is 0 Å². The summed E-state index contributed by atoms with van der Waals surface area (Å²) < 4.78 is 5.29. The smallest absolute Gasteiger partial charge is 0.191 e. The Labute approximate surface area is 146 Å². The van der Waals surface area contributed by atoms with Crippen molar-refractivity contribution in [1.82, 2.24) is 15.5 Å². The van der Waals surface area contributed by atoms with E-state index in [1.807, 2.05) is 12.1 Å². The van der Waals surface area contributed by atoms with Crippen LogP contribution in [-0.4, -0.2) is 50.7 Å². The molecule has 1 saturated heterocycles. The van der Waals surface area contributed by atoms with Gasteiger partial charge in [0.1, 0.15) is 5.75 Å². The lowest BCUT2D eigenvalue weighted by Gasteiger charge is -2.27. The van der Waals surface area contributed by atoms with Crippen molar-refractivity contribution in [2.24, 2.45) is 4.99 Å². The molecule has 5 heteroatoms. The fraction of sp³-hybridized carbons (Fsp3) is 0.632. The van der Waals surface area contributed by atoms with Gasteiger partial charge in [0, 0.05) is 13.1 Å². The van der Waals surface area contributed by atoms with E-state index < -0.39 is 0 Å². The highest BCUT2D eigenvalue weighted by atomic mass is 16.5. The Morgan fingerprint density at radius 1 is 1.17 bits per heavy atom. The summed E-state index contributed by atoms with van der Waals surface area (Å²) in [6.07, 6.45) is 3.66. The van der Waals surface area contributed by atoms with Crippen LogP contribution >= 0.6 is 0 Å². The molecule has 0 aromatic heterocycles. The lowest BCUT2D eigenvalue weighted by molar-refractivity contribution is 0.251. The number of guanidine groups is 1. The first kappa shape index (κ1) is 18.6. The number of hydrogen-bond acceptors (Lipinski definition) is 3. The van der Waals surface area contributed by atoms with Gasteiger partial charge in [-0.25, -0.2) is 0 Å². The SMILES string of the molecule is CCCNC(=NCC(c1ccc(OC)cc1)N1CCCC1)NCC. The molecule has 2 N–H and O–H groups in total. The second-order valence-corrected chi connectivity index (χ2v) is 6.18. The first-order chi connectivity index (χ1) is 11.8. The lowest BCUT2D eigenvalue weighted by atomic mass is 10.1. The standard InChI is InChI=1S/C19H32N4O/c1-4-12-21-19(20-5-2)22-15-18(23-13-6-7-14-23)16-8-10-17(24-3)11-9-16/h8-11,18H,4-7,12-15H2,1-3H3,(H2,20,21,22). The molecule has 5 nitrogen and oxygen atoms in total. The zero-order valence-electron chi connectivity index (χ0n) is 15.3. The molecule has 24 heavy (non-hydrogen) atoms. The number of rotatable bonds is 8. The third kappa shape index (κ3) is 5.41. The Kier molecular flexibility index (Phi) is 7.89. The number of methoxy groups -OCH3 is 1. The van der Waals surface area contributed by atoms with Crippen LogP contribution in [0.5, 0.6) is 5.75 Å². The third-order valence-electron chi connectivity index (χ3n) is 4.39. The number of aliphatic imine (C=N–C) groups is 1. The van der Waals surface area contributed by atoms with E-state index in [-0.39, 0.29) is 0 Å². The number of nitrogens with zero attached hydrogens (tertiary/aromatic N) is 2. The minimum atomic E-state index is 0.329. The normalized spacial score (nSPS) is 16.9. The predicted molar refractivity (Wildman–Crippen MR) is 101 cm³/mol. The van der Waals surface area contributed by atoms with Gasteiger partial charge >= 0.3 is 0 Å². The minimum Gasteiger partial charge on any atom is -0.497 e. The van der Waals surface area contributed by atoms with Crippen molar-refractivity contribution < 1.29 is 4.74 Å². The van der Waals surface area contributed by atoms with Crippen molar-refractivity contribution in [2.75, 3.05) is 39.8 Å². The topological polar surface area (TPSA) is 48.9 Å². The highest BCUT2D eigenvalue weighted by Gasteiger charge is 2.23. The number of nitrogens with one attached hydrogen (secondary N) is 2. The molecular weight excluding hydrogens is 300 g/mol. The van der Waals surface area contributed by atoms with E-state index in [2.05, 4.69) is 41.5 Å². The molecule has 0 aliphatic carbocycles. The van der Waals surface area contributed by atoms with Crippen LogP contribution < -0.4 is 15.4 Å². The van der Waals surface area contributed by atoms with Crippen LogP contribution in [0.4, 0.5) is 0 Å². The molecule has 1 aliphatic rings. The molecule has 1 aromatic carbocycles. The van der Waals surface area contributed by atoms with E-state index in [0.29, 0.717) is 6.04 Å². The lowest BCUT2D eigenvalue weighted by Crippen LogP contribution is -2.38. The molecule has 0 spiro atoms. The molecule has 2 rings (SSSR count). The Morgan fingerprint density at radius 2 is 1.88 bits per heavy atom. The number of ether oxygens (including phenoxy) is 1. The van der Waals surface area contributed by atoms with Crippen molar-refractivity contribution in [2.45, 2.75) is 39.2 Å². The molecule has 1 unspecified atom stereocenters. The van der Waals surface area contributed by atoms with Gasteiger partial charge < -0.3 is 15.4 Å². The quantitative estimate of drug-likeness (QED) is 0.568. The van der Waals surface area contributed by atoms with Gasteiger partial charge in [0.05, 0.1) is 19.7 Å². The zero-order chi connectivity index (χ0) is 17.2. The maximum atomic E-state index is 5.29. The Morgan fingerprint density at radius 3 is 2.46 bits per heavy atom. The molecule has 1 aromatic rings. The van der Waals surface area contributed by atoms with Gasteiger partial charge in [-0.05, 0) is 57.0 Å². The molecule has 0 saturated carbocycles. The summed E-state index contributed by atoms with van der Waals surface area (Å²) in [5.41, 5.74) is 1.31. The highest BCUT2D eigenvalue weighted by Crippen LogP contribution is 2.27. The van der Waals surface area contributed by atoms with E-state index >= 15 is 0 Å². The minimum absolute atomic E-state index is 0.329. The van der Waals surface area contributed by atoms with Crippen LogP contribution in [0.15, 0.2) is 29.3 Å². The van der Waals surface area contributed by atoms with Gasteiger partial charge in [-0.3, -0.25) is 9.89 Å². The van der Waals surface area contributed by atoms with Gasteiger partial charge in [-0.15, -0.1) is 0 Å². The molecule has 1 heterocycles. The van der Waals surface area contributed by atoms with E-state index in [0.717, 1.165) is 50.9 Å². The van der Waals surface area contributed by atoms with E-state index in [4.69, 9.17) is 9.73 Å². The van der Waals surface area contributed by atoms with Crippen molar-refractivity contribution in [3.05, 3.63) is 29.8 Å². The van der Waals surface area contributed by atoms with Crippen molar-refractivity contribution in [1.29, 1.82) is 0 Å². The van der Waals surface area contributed by atoms with Gasteiger partial charge in [0.15, 0.2) is 5.96 Å². The molecule has 0 bridgehead atoms. The summed E-state index contributed by atoms with van der Waals surface area (Å²) in [5.74, 6) is 1.82. The van der Waals surface area contributed by atoms with Crippen LogP contribution in [0, 0.1) is 0 Å².